The zero-order valence-electron chi connectivity index (χ0n) is 10.7. The van der Waals surface area contributed by atoms with Gasteiger partial charge in [-0.05, 0) is 29.5 Å². The fourth-order valence-electron chi connectivity index (χ4n) is 1.63. The van der Waals surface area contributed by atoms with E-state index in [2.05, 4.69) is 33.0 Å². The van der Waals surface area contributed by atoms with Crippen LogP contribution in [0.3, 0.4) is 0 Å². The highest BCUT2D eigenvalue weighted by molar-refractivity contribution is 5.27. The normalized spacial score (nSPS) is 13.8. The Hall–Kier alpha value is -1.02. The van der Waals surface area contributed by atoms with Crippen molar-refractivity contribution < 1.29 is 5.11 Å². The first-order valence-corrected chi connectivity index (χ1v) is 5.94. The summed E-state index contributed by atoms with van der Waals surface area (Å²) in [4.78, 5) is 0. The Morgan fingerprint density at radius 1 is 1.19 bits per heavy atom. The number of phenols is 1. The fourth-order valence-corrected chi connectivity index (χ4v) is 1.63. The Kier molecular flexibility index (Phi) is 4.36. The number of phenolic OH excluding ortho intramolecular Hbond substituents is 1. The van der Waals surface area contributed by atoms with Crippen LogP contribution in [0.25, 0.3) is 0 Å². The minimum Gasteiger partial charge on any atom is -0.508 e. The van der Waals surface area contributed by atoms with Crippen LogP contribution in [0.1, 0.15) is 45.7 Å². The first-order valence-electron chi connectivity index (χ1n) is 5.94. The van der Waals surface area contributed by atoms with Crippen molar-refractivity contribution in [2.24, 2.45) is 5.41 Å². The Morgan fingerprint density at radius 3 is 2.19 bits per heavy atom. The average Bonchev–Trinajstić information content (AvgIpc) is 2.20. The summed E-state index contributed by atoms with van der Waals surface area (Å²) >= 11 is 0. The molecule has 90 valence electrons. The predicted octanol–water partition coefficient (Wildman–Crippen LogP) is 3.48. The first kappa shape index (κ1) is 13.0. The van der Waals surface area contributed by atoms with E-state index in [0.29, 0.717) is 17.2 Å². The third-order valence-corrected chi connectivity index (χ3v) is 2.58. The molecule has 2 heteroatoms. The van der Waals surface area contributed by atoms with Crippen LogP contribution in [-0.4, -0.2) is 11.7 Å². The molecule has 0 aliphatic heterocycles. The molecule has 0 saturated heterocycles. The molecule has 1 aromatic carbocycles. The van der Waals surface area contributed by atoms with Crippen molar-refractivity contribution in [1.82, 2.24) is 5.32 Å². The molecule has 1 atom stereocenters. The van der Waals surface area contributed by atoms with Crippen molar-refractivity contribution in [3.63, 3.8) is 0 Å². The van der Waals surface area contributed by atoms with Crippen molar-refractivity contribution in [2.75, 3.05) is 6.54 Å². The number of nitrogens with one attached hydrogen (secondary N) is 1. The molecule has 0 aromatic heterocycles. The highest BCUT2D eigenvalue weighted by Crippen LogP contribution is 2.21. The zero-order valence-corrected chi connectivity index (χ0v) is 10.7. The highest BCUT2D eigenvalue weighted by atomic mass is 16.3. The van der Waals surface area contributed by atoms with Gasteiger partial charge in [-0.2, -0.15) is 0 Å². The van der Waals surface area contributed by atoms with E-state index in [-0.39, 0.29) is 0 Å². The van der Waals surface area contributed by atoms with Crippen LogP contribution in [0, 0.1) is 5.41 Å². The molecule has 0 spiro atoms. The van der Waals surface area contributed by atoms with Crippen molar-refractivity contribution in [1.29, 1.82) is 0 Å². The van der Waals surface area contributed by atoms with E-state index < -0.39 is 0 Å². The standard InChI is InChI=1S/C14H23NO/c1-5-13(15-10-14(2,3)4)11-6-8-12(16)9-7-11/h6-9,13,15-16H,5,10H2,1-4H3. The number of hydrogen-bond donors (Lipinski definition) is 2. The Balaban J connectivity index is 2.64. The van der Waals surface area contributed by atoms with Gasteiger partial charge in [-0.25, -0.2) is 0 Å². The second-order valence-electron chi connectivity index (χ2n) is 5.49. The number of hydrogen-bond acceptors (Lipinski definition) is 2. The highest BCUT2D eigenvalue weighted by Gasteiger charge is 2.14. The molecule has 0 radical (unpaired) electrons. The minimum atomic E-state index is 0.296. The Bertz CT molecular complexity index is 311. The Morgan fingerprint density at radius 2 is 1.75 bits per heavy atom. The van der Waals surface area contributed by atoms with Gasteiger partial charge in [0.2, 0.25) is 0 Å². The van der Waals surface area contributed by atoms with E-state index in [1.807, 2.05) is 12.1 Å². The summed E-state index contributed by atoms with van der Waals surface area (Å²) in [6, 6.07) is 7.84. The zero-order chi connectivity index (χ0) is 12.2. The summed E-state index contributed by atoms with van der Waals surface area (Å²) in [5, 5.41) is 12.8. The van der Waals surface area contributed by atoms with Gasteiger partial charge >= 0.3 is 0 Å². The third-order valence-electron chi connectivity index (χ3n) is 2.58. The molecular formula is C14H23NO. The van der Waals surface area contributed by atoms with Crippen LogP contribution < -0.4 is 5.32 Å². The van der Waals surface area contributed by atoms with Gasteiger partial charge in [-0.15, -0.1) is 0 Å². The molecule has 0 amide bonds. The number of aromatic hydroxyl groups is 1. The van der Waals surface area contributed by atoms with Crippen molar-refractivity contribution in [3.8, 4) is 5.75 Å². The van der Waals surface area contributed by atoms with Gasteiger partial charge in [0.1, 0.15) is 5.75 Å². The summed E-state index contributed by atoms with van der Waals surface area (Å²) in [7, 11) is 0. The molecule has 0 aliphatic carbocycles. The van der Waals surface area contributed by atoms with Crippen LogP contribution in [0.5, 0.6) is 5.75 Å². The van der Waals surface area contributed by atoms with E-state index in [1.54, 1.807) is 12.1 Å². The summed E-state index contributed by atoms with van der Waals surface area (Å²) in [6.45, 7) is 9.84. The maximum atomic E-state index is 9.25. The van der Waals surface area contributed by atoms with Gasteiger partial charge < -0.3 is 10.4 Å². The predicted molar refractivity (Wildman–Crippen MR) is 68.6 cm³/mol. The van der Waals surface area contributed by atoms with E-state index in [1.165, 1.54) is 5.56 Å². The number of benzene rings is 1. The van der Waals surface area contributed by atoms with Gasteiger partial charge in [0.15, 0.2) is 0 Å². The van der Waals surface area contributed by atoms with Crippen LogP contribution in [0.2, 0.25) is 0 Å². The second-order valence-corrected chi connectivity index (χ2v) is 5.49. The molecule has 2 nitrogen and oxygen atoms in total. The van der Waals surface area contributed by atoms with Crippen LogP contribution >= 0.6 is 0 Å². The first-order chi connectivity index (χ1) is 7.42. The molecule has 0 heterocycles. The van der Waals surface area contributed by atoms with E-state index >= 15 is 0 Å². The van der Waals surface area contributed by atoms with Crippen molar-refractivity contribution in [2.45, 2.75) is 40.2 Å². The summed E-state index contributed by atoms with van der Waals surface area (Å²) < 4.78 is 0. The smallest absolute Gasteiger partial charge is 0.115 e. The third kappa shape index (κ3) is 4.23. The van der Waals surface area contributed by atoms with Crippen LogP contribution in [0.15, 0.2) is 24.3 Å². The van der Waals surface area contributed by atoms with Gasteiger partial charge in [-0.1, -0.05) is 39.8 Å². The maximum Gasteiger partial charge on any atom is 0.115 e. The molecule has 1 unspecified atom stereocenters. The van der Waals surface area contributed by atoms with E-state index in [4.69, 9.17) is 0 Å². The molecule has 1 rings (SSSR count). The SMILES string of the molecule is CCC(NCC(C)(C)C)c1ccc(O)cc1. The fraction of sp³-hybridized carbons (Fsp3) is 0.571. The lowest BCUT2D eigenvalue weighted by Gasteiger charge is -2.24. The molecule has 1 aromatic rings. The lowest BCUT2D eigenvalue weighted by Crippen LogP contribution is -2.30. The quantitative estimate of drug-likeness (QED) is 0.816. The molecular weight excluding hydrogens is 198 g/mol. The number of rotatable bonds is 4. The second kappa shape index (κ2) is 5.35. The van der Waals surface area contributed by atoms with E-state index in [0.717, 1.165) is 13.0 Å². The average molecular weight is 221 g/mol. The van der Waals surface area contributed by atoms with Crippen molar-refractivity contribution >= 4 is 0 Å². The van der Waals surface area contributed by atoms with Gasteiger partial charge in [0.25, 0.3) is 0 Å². The summed E-state index contributed by atoms with van der Waals surface area (Å²) in [6.07, 6.45) is 1.06. The molecule has 0 fully saturated rings. The van der Waals surface area contributed by atoms with Gasteiger partial charge in [-0.3, -0.25) is 0 Å². The maximum absolute atomic E-state index is 9.25. The topological polar surface area (TPSA) is 32.3 Å². The van der Waals surface area contributed by atoms with Gasteiger partial charge in [0, 0.05) is 12.6 Å². The monoisotopic (exact) mass is 221 g/mol. The van der Waals surface area contributed by atoms with E-state index in [9.17, 15) is 5.11 Å². The molecule has 0 bridgehead atoms. The van der Waals surface area contributed by atoms with Crippen LogP contribution in [-0.2, 0) is 0 Å². The van der Waals surface area contributed by atoms with Crippen LogP contribution in [0.4, 0.5) is 0 Å². The van der Waals surface area contributed by atoms with Crippen molar-refractivity contribution in [3.05, 3.63) is 29.8 Å². The minimum absolute atomic E-state index is 0.296. The summed E-state index contributed by atoms with van der Waals surface area (Å²) in [5.41, 5.74) is 1.54. The molecule has 16 heavy (non-hydrogen) atoms. The Labute approximate surface area is 98.7 Å². The lowest BCUT2D eigenvalue weighted by molar-refractivity contribution is 0.349. The molecule has 0 saturated carbocycles. The molecule has 2 N–H and O–H groups in total. The largest absolute Gasteiger partial charge is 0.508 e. The molecule has 0 aliphatic rings. The van der Waals surface area contributed by atoms with Gasteiger partial charge in [0.05, 0.1) is 0 Å². The lowest BCUT2D eigenvalue weighted by atomic mass is 9.95. The summed E-state index contributed by atoms with van der Waals surface area (Å²) in [5.74, 6) is 0.328.